The molecule has 180 valence electrons. The first kappa shape index (κ1) is 24.1. The van der Waals surface area contributed by atoms with Crippen molar-refractivity contribution in [3.8, 4) is 5.75 Å². The lowest BCUT2D eigenvalue weighted by Crippen LogP contribution is -2.30. The van der Waals surface area contributed by atoms with Gasteiger partial charge in [0.25, 0.3) is 21.8 Å². The highest BCUT2D eigenvalue weighted by atomic mass is 32.2. The van der Waals surface area contributed by atoms with Crippen molar-refractivity contribution in [2.24, 2.45) is 0 Å². The molecule has 0 saturated carbocycles. The summed E-state index contributed by atoms with van der Waals surface area (Å²) < 4.78 is 59.1. The Kier molecular flexibility index (Phi) is 6.40. The third-order valence-electron chi connectivity index (χ3n) is 5.51. The summed E-state index contributed by atoms with van der Waals surface area (Å²) in [6.45, 7) is 1.23. The van der Waals surface area contributed by atoms with E-state index in [0.717, 1.165) is 16.4 Å². The molecular formula is C25H20F2N2O5S. The first-order valence-electron chi connectivity index (χ1n) is 10.4. The molecule has 0 spiro atoms. The van der Waals surface area contributed by atoms with Crippen LogP contribution in [0.4, 0.5) is 14.5 Å². The molecule has 0 unspecified atom stereocenters. The van der Waals surface area contributed by atoms with E-state index in [0.29, 0.717) is 22.9 Å². The van der Waals surface area contributed by atoms with Gasteiger partial charge in [0, 0.05) is 17.2 Å². The SMILES string of the molecule is COc1ccc(C2=C(C)C(=O)N(Cc3ccc(C(=O)Nc4ccc(F)cc4F)cc3)S2(=O)=O)cc1. The fourth-order valence-electron chi connectivity index (χ4n) is 3.67. The van der Waals surface area contributed by atoms with E-state index in [9.17, 15) is 26.8 Å². The average molecular weight is 499 g/mol. The van der Waals surface area contributed by atoms with E-state index < -0.39 is 33.5 Å². The van der Waals surface area contributed by atoms with E-state index in [1.807, 2.05) is 0 Å². The Morgan fingerprint density at radius 1 is 1.00 bits per heavy atom. The molecule has 0 aromatic heterocycles. The van der Waals surface area contributed by atoms with Gasteiger partial charge in [-0.15, -0.1) is 0 Å². The second-order valence-electron chi connectivity index (χ2n) is 7.77. The van der Waals surface area contributed by atoms with Gasteiger partial charge in [-0.3, -0.25) is 9.59 Å². The van der Waals surface area contributed by atoms with Crippen LogP contribution in [0.15, 0.2) is 72.3 Å². The average Bonchev–Trinajstić information content (AvgIpc) is 3.00. The van der Waals surface area contributed by atoms with Gasteiger partial charge >= 0.3 is 0 Å². The van der Waals surface area contributed by atoms with Gasteiger partial charge in [-0.25, -0.2) is 21.5 Å². The smallest absolute Gasteiger partial charge is 0.268 e. The van der Waals surface area contributed by atoms with Crippen LogP contribution in [0.3, 0.4) is 0 Å². The summed E-state index contributed by atoms with van der Waals surface area (Å²) in [5.74, 6) is -2.40. The molecule has 10 heteroatoms. The molecule has 35 heavy (non-hydrogen) atoms. The van der Waals surface area contributed by atoms with Gasteiger partial charge < -0.3 is 10.1 Å². The van der Waals surface area contributed by atoms with Crippen molar-refractivity contribution in [1.29, 1.82) is 0 Å². The number of hydrogen-bond acceptors (Lipinski definition) is 5. The van der Waals surface area contributed by atoms with Crippen molar-refractivity contribution in [3.05, 3.63) is 101 Å². The zero-order valence-corrected chi connectivity index (χ0v) is 19.5. The number of carbonyl (C=O) groups is 2. The molecule has 0 fully saturated rings. The van der Waals surface area contributed by atoms with Gasteiger partial charge in [0.15, 0.2) is 0 Å². The first-order chi connectivity index (χ1) is 16.6. The van der Waals surface area contributed by atoms with E-state index in [1.54, 1.807) is 24.3 Å². The van der Waals surface area contributed by atoms with E-state index in [2.05, 4.69) is 5.32 Å². The summed E-state index contributed by atoms with van der Waals surface area (Å²) in [6.07, 6.45) is 0. The summed E-state index contributed by atoms with van der Waals surface area (Å²) in [4.78, 5) is 25.1. The molecule has 1 heterocycles. The number of sulfonamides is 1. The number of methoxy groups -OCH3 is 1. The lowest BCUT2D eigenvalue weighted by molar-refractivity contribution is -0.122. The van der Waals surface area contributed by atoms with E-state index in [-0.39, 0.29) is 28.3 Å². The molecule has 3 aromatic rings. The van der Waals surface area contributed by atoms with Crippen LogP contribution in [0.5, 0.6) is 5.75 Å². The molecule has 1 N–H and O–H groups in total. The number of amides is 2. The Bertz CT molecular complexity index is 1450. The third kappa shape index (κ3) is 4.65. The maximum absolute atomic E-state index is 13.8. The molecule has 2 amide bonds. The standard InChI is InChI=1S/C25H20F2N2O5S/c1-15-23(17-7-10-20(34-2)11-8-17)35(32,33)29(25(15)31)14-16-3-5-18(6-4-16)24(30)28-22-12-9-19(26)13-21(22)27/h3-13H,14H2,1-2H3,(H,28,30). The van der Waals surface area contributed by atoms with Crippen molar-refractivity contribution in [2.45, 2.75) is 13.5 Å². The molecule has 1 aliphatic rings. The Labute approximate surface area is 200 Å². The first-order valence-corrected chi connectivity index (χ1v) is 11.8. The van der Waals surface area contributed by atoms with Gasteiger partial charge in [0.1, 0.15) is 22.3 Å². The molecule has 0 saturated heterocycles. The van der Waals surface area contributed by atoms with E-state index >= 15 is 0 Å². The summed E-state index contributed by atoms with van der Waals surface area (Å²) in [5, 5.41) is 2.35. The van der Waals surface area contributed by atoms with Crippen LogP contribution in [-0.2, 0) is 21.4 Å². The number of nitrogens with one attached hydrogen (secondary N) is 1. The van der Waals surface area contributed by atoms with Crippen molar-refractivity contribution in [2.75, 3.05) is 12.4 Å². The summed E-state index contributed by atoms with van der Waals surface area (Å²) in [6, 6.07) is 15.0. The number of rotatable bonds is 6. The lowest BCUT2D eigenvalue weighted by Gasteiger charge is -2.17. The molecule has 0 aliphatic carbocycles. The third-order valence-corrected chi connectivity index (χ3v) is 7.44. The van der Waals surface area contributed by atoms with E-state index in [1.165, 1.54) is 38.3 Å². The minimum atomic E-state index is -4.10. The van der Waals surface area contributed by atoms with Gasteiger partial charge in [-0.05, 0) is 66.6 Å². The number of halogens is 2. The van der Waals surface area contributed by atoms with Gasteiger partial charge in [-0.2, -0.15) is 0 Å². The summed E-state index contributed by atoms with van der Waals surface area (Å²) >= 11 is 0. The molecule has 0 bridgehead atoms. The second-order valence-corrected chi connectivity index (χ2v) is 9.57. The highest BCUT2D eigenvalue weighted by Gasteiger charge is 2.42. The molecular weight excluding hydrogens is 478 g/mol. The predicted molar refractivity (Wildman–Crippen MR) is 126 cm³/mol. The van der Waals surface area contributed by atoms with E-state index in [4.69, 9.17) is 4.74 Å². The lowest BCUT2D eigenvalue weighted by atomic mass is 10.1. The minimum Gasteiger partial charge on any atom is -0.497 e. The van der Waals surface area contributed by atoms with Gasteiger partial charge in [-0.1, -0.05) is 12.1 Å². The fourth-order valence-corrected chi connectivity index (χ4v) is 5.48. The fraction of sp³-hybridized carbons (Fsp3) is 0.120. The molecule has 1 aliphatic heterocycles. The highest BCUT2D eigenvalue weighted by molar-refractivity contribution is 7.99. The van der Waals surface area contributed by atoms with Crippen LogP contribution in [0.25, 0.3) is 4.91 Å². The number of anilines is 1. The molecule has 0 radical (unpaired) electrons. The zero-order valence-electron chi connectivity index (χ0n) is 18.7. The maximum atomic E-state index is 13.8. The maximum Gasteiger partial charge on any atom is 0.268 e. The van der Waals surface area contributed by atoms with Crippen molar-refractivity contribution >= 4 is 32.4 Å². The second kappa shape index (κ2) is 9.30. The van der Waals surface area contributed by atoms with Crippen LogP contribution in [-0.4, -0.2) is 31.6 Å². The summed E-state index contributed by atoms with van der Waals surface area (Å²) in [5.41, 5.74) is 0.935. The number of benzene rings is 3. The van der Waals surface area contributed by atoms with Crippen LogP contribution in [0.2, 0.25) is 0 Å². The highest BCUT2D eigenvalue weighted by Crippen LogP contribution is 2.37. The minimum absolute atomic E-state index is 0.0672. The number of carbonyl (C=O) groups excluding carboxylic acids is 2. The van der Waals surface area contributed by atoms with Gasteiger partial charge in [0.05, 0.1) is 19.3 Å². The zero-order chi connectivity index (χ0) is 25.3. The van der Waals surface area contributed by atoms with Crippen molar-refractivity contribution < 1.29 is 31.5 Å². The largest absolute Gasteiger partial charge is 0.497 e. The quantitative estimate of drug-likeness (QED) is 0.546. The Hall–Kier alpha value is -4.05. The van der Waals surface area contributed by atoms with Crippen LogP contribution in [0.1, 0.15) is 28.4 Å². The molecule has 4 rings (SSSR count). The monoisotopic (exact) mass is 498 g/mol. The Balaban J connectivity index is 1.51. The van der Waals surface area contributed by atoms with Crippen molar-refractivity contribution in [3.63, 3.8) is 0 Å². The molecule has 7 nitrogen and oxygen atoms in total. The van der Waals surface area contributed by atoms with Crippen LogP contribution >= 0.6 is 0 Å². The van der Waals surface area contributed by atoms with Gasteiger partial charge in [0.2, 0.25) is 0 Å². The number of ether oxygens (including phenoxy) is 1. The number of hydrogen-bond donors (Lipinski definition) is 1. The van der Waals surface area contributed by atoms with Crippen LogP contribution < -0.4 is 10.1 Å². The Morgan fingerprint density at radius 3 is 2.26 bits per heavy atom. The summed E-state index contributed by atoms with van der Waals surface area (Å²) in [7, 11) is -2.61. The topological polar surface area (TPSA) is 92.8 Å². The molecule has 0 atom stereocenters. The number of nitrogens with zero attached hydrogens (tertiary/aromatic N) is 1. The molecule has 3 aromatic carbocycles. The predicted octanol–water partition coefficient (Wildman–Crippen LogP) is 4.33. The Morgan fingerprint density at radius 2 is 1.66 bits per heavy atom. The normalized spacial score (nSPS) is 14.9. The van der Waals surface area contributed by atoms with Crippen molar-refractivity contribution in [1.82, 2.24) is 4.31 Å². The van der Waals surface area contributed by atoms with Crippen LogP contribution in [0, 0.1) is 11.6 Å².